The first-order valence-electron chi connectivity index (χ1n) is 12.7. The van der Waals surface area contributed by atoms with Crippen LogP contribution >= 0.6 is 0 Å². The van der Waals surface area contributed by atoms with E-state index in [-0.39, 0.29) is 36.1 Å². The van der Waals surface area contributed by atoms with Crippen LogP contribution in [0.3, 0.4) is 0 Å². The molecule has 6 atom stereocenters. The van der Waals surface area contributed by atoms with Crippen LogP contribution in [0.1, 0.15) is 61.3 Å². The third-order valence-corrected chi connectivity index (χ3v) is 8.18. The number of carbonyl (C=O) groups excluding carboxylic acids is 5. The number of amides is 5. The van der Waals surface area contributed by atoms with Crippen LogP contribution in [-0.2, 0) is 24.0 Å². The van der Waals surface area contributed by atoms with Crippen LogP contribution < -0.4 is 21.7 Å². The van der Waals surface area contributed by atoms with Gasteiger partial charge in [-0.05, 0) is 49.4 Å². The number of hydrogen-bond donors (Lipinski definition) is 4. The largest absolute Gasteiger partial charge is 0.471 e. The van der Waals surface area contributed by atoms with Crippen molar-refractivity contribution in [2.75, 3.05) is 6.54 Å². The SMILES string of the molecule is CC1(C)C[C@@H](CC(NC(=O)[C@@H]2[C@@H]3[C@H](CN2C(=O)C(NC(=O)C(F)(F)F)C(C)(C)C)C3(C)C)C(N)=O)C(=O)N1. The van der Waals surface area contributed by atoms with Gasteiger partial charge in [0.25, 0.3) is 0 Å². The van der Waals surface area contributed by atoms with Crippen LogP contribution in [0, 0.1) is 28.6 Å². The number of nitrogens with two attached hydrogens (primary N) is 1. The predicted molar refractivity (Wildman–Crippen MR) is 130 cm³/mol. The van der Waals surface area contributed by atoms with Crippen LogP contribution in [0.25, 0.3) is 0 Å². The van der Waals surface area contributed by atoms with Gasteiger partial charge in [0.15, 0.2) is 0 Å². The highest BCUT2D eigenvalue weighted by Crippen LogP contribution is 2.65. The van der Waals surface area contributed by atoms with Crippen molar-refractivity contribution in [3.63, 3.8) is 0 Å². The summed E-state index contributed by atoms with van der Waals surface area (Å²) < 4.78 is 39.0. The highest BCUT2D eigenvalue weighted by atomic mass is 19.4. The maximum atomic E-state index is 13.6. The molecular formula is C25H38F3N5O5. The molecule has 3 fully saturated rings. The molecule has 2 heterocycles. The quantitative estimate of drug-likeness (QED) is 0.374. The zero-order valence-corrected chi connectivity index (χ0v) is 22.8. The van der Waals surface area contributed by atoms with Crippen molar-refractivity contribution in [2.24, 2.45) is 34.3 Å². The molecule has 10 nitrogen and oxygen atoms in total. The van der Waals surface area contributed by atoms with Gasteiger partial charge >= 0.3 is 12.1 Å². The second-order valence-corrected chi connectivity index (χ2v) is 13.1. The van der Waals surface area contributed by atoms with Crippen LogP contribution in [0.15, 0.2) is 0 Å². The normalized spacial score (nSPS) is 29.1. The molecule has 0 spiro atoms. The lowest BCUT2D eigenvalue weighted by molar-refractivity contribution is -0.176. The van der Waals surface area contributed by atoms with Gasteiger partial charge in [-0.3, -0.25) is 24.0 Å². The molecule has 3 rings (SSSR count). The molecule has 0 bridgehead atoms. The lowest BCUT2D eigenvalue weighted by Gasteiger charge is -2.38. The number of nitrogens with one attached hydrogen (secondary N) is 3. The van der Waals surface area contributed by atoms with E-state index in [9.17, 15) is 37.1 Å². The molecule has 3 aliphatic rings. The summed E-state index contributed by atoms with van der Waals surface area (Å²) in [6.07, 6.45) is -4.78. The van der Waals surface area contributed by atoms with Crippen molar-refractivity contribution in [1.29, 1.82) is 0 Å². The Morgan fingerprint density at radius 3 is 2.13 bits per heavy atom. The zero-order chi connectivity index (χ0) is 29.2. The Bertz CT molecular complexity index is 1040. The maximum absolute atomic E-state index is 13.6. The lowest BCUT2D eigenvalue weighted by Crippen LogP contribution is -2.61. The van der Waals surface area contributed by atoms with Crippen molar-refractivity contribution < 1.29 is 37.1 Å². The number of alkyl halides is 3. The second kappa shape index (κ2) is 9.41. The number of rotatable bonds is 7. The van der Waals surface area contributed by atoms with Crippen molar-refractivity contribution >= 4 is 29.5 Å². The third-order valence-electron chi connectivity index (χ3n) is 8.18. The molecule has 0 aromatic carbocycles. The highest BCUT2D eigenvalue weighted by Gasteiger charge is 2.70. The fourth-order valence-electron chi connectivity index (χ4n) is 6.01. The smallest absolute Gasteiger partial charge is 0.368 e. The van der Waals surface area contributed by atoms with E-state index in [4.69, 9.17) is 5.73 Å². The molecule has 1 aliphatic carbocycles. The number of carbonyl (C=O) groups is 5. The summed E-state index contributed by atoms with van der Waals surface area (Å²) in [4.78, 5) is 64.7. The van der Waals surface area contributed by atoms with Gasteiger partial charge in [0, 0.05) is 18.0 Å². The standard InChI is InChI=1S/C25H38F3N5O5/c1-22(2,3)16(31-21(38)25(26,27)28)20(37)33-10-12-14(24(12,6)7)15(33)19(36)30-13(17(29)34)8-11-9-23(4,5)32-18(11)35/h11-16H,8-10H2,1-7H3,(H2,29,34)(H,30,36)(H,31,38)(H,32,35)/t11-,12+,13?,14+,15+,16?/m1/s1. The van der Waals surface area contributed by atoms with E-state index in [0.29, 0.717) is 6.42 Å². The third kappa shape index (κ3) is 5.75. The minimum Gasteiger partial charge on any atom is -0.368 e. The summed E-state index contributed by atoms with van der Waals surface area (Å²) in [7, 11) is 0. The van der Waals surface area contributed by atoms with Crippen molar-refractivity contribution in [3.8, 4) is 0 Å². The minimum absolute atomic E-state index is 0.0270. The molecule has 0 aromatic rings. The van der Waals surface area contributed by atoms with E-state index in [1.165, 1.54) is 25.7 Å². The van der Waals surface area contributed by atoms with E-state index < -0.39 is 64.8 Å². The summed E-state index contributed by atoms with van der Waals surface area (Å²) in [5, 5.41) is 7.22. The van der Waals surface area contributed by atoms with Crippen LogP contribution in [0.2, 0.25) is 0 Å². The van der Waals surface area contributed by atoms with Gasteiger partial charge in [-0.15, -0.1) is 0 Å². The van der Waals surface area contributed by atoms with E-state index in [1.54, 1.807) is 5.32 Å². The molecular weight excluding hydrogens is 507 g/mol. The molecule has 2 aliphatic heterocycles. The summed E-state index contributed by atoms with van der Waals surface area (Å²) in [5.74, 6) is -5.78. The molecule has 13 heteroatoms. The molecule has 2 unspecified atom stereocenters. The van der Waals surface area contributed by atoms with E-state index in [2.05, 4.69) is 10.6 Å². The van der Waals surface area contributed by atoms with Crippen molar-refractivity contribution in [1.82, 2.24) is 20.9 Å². The molecule has 38 heavy (non-hydrogen) atoms. The number of fused-ring (bicyclic) bond motifs is 1. The molecule has 0 aromatic heterocycles. The fourth-order valence-corrected chi connectivity index (χ4v) is 6.01. The second-order valence-electron chi connectivity index (χ2n) is 13.1. The van der Waals surface area contributed by atoms with Gasteiger partial charge in [0.2, 0.25) is 23.6 Å². The van der Waals surface area contributed by atoms with Gasteiger partial charge in [-0.1, -0.05) is 34.6 Å². The van der Waals surface area contributed by atoms with Crippen LogP contribution in [-0.4, -0.2) is 70.8 Å². The Morgan fingerprint density at radius 1 is 1.11 bits per heavy atom. The zero-order valence-electron chi connectivity index (χ0n) is 22.8. The van der Waals surface area contributed by atoms with Gasteiger partial charge in [0.05, 0.1) is 0 Å². The average molecular weight is 546 g/mol. The number of halogens is 3. The minimum atomic E-state index is -5.19. The molecule has 1 saturated carbocycles. The number of nitrogens with zero attached hydrogens (tertiary/aromatic N) is 1. The summed E-state index contributed by atoms with van der Waals surface area (Å²) in [6.45, 7) is 12.2. The number of piperidine rings is 1. The highest BCUT2D eigenvalue weighted by molar-refractivity contribution is 5.96. The van der Waals surface area contributed by atoms with Gasteiger partial charge in [-0.25, -0.2) is 0 Å². The van der Waals surface area contributed by atoms with E-state index in [1.807, 2.05) is 27.7 Å². The summed E-state index contributed by atoms with van der Waals surface area (Å²) >= 11 is 0. The monoisotopic (exact) mass is 545 g/mol. The predicted octanol–water partition coefficient (Wildman–Crippen LogP) is 0.838. The maximum Gasteiger partial charge on any atom is 0.471 e. The fraction of sp³-hybridized carbons (Fsp3) is 0.800. The number of primary amides is 1. The van der Waals surface area contributed by atoms with E-state index in [0.717, 1.165) is 0 Å². The van der Waals surface area contributed by atoms with Crippen LogP contribution in [0.4, 0.5) is 13.2 Å². The first kappa shape index (κ1) is 29.7. The molecule has 5 amide bonds. The molecule has 214 valence electrons. The molecule has 5 N–H and O–H groups in total. The number of hydrogen-bond acceptors (Lipinski definition) is 5. The Kier molecular flexibility index (Phi) is 7.35. The Hall–Kier alpha value is -2.86. The van der Waals surface area contributed by atoms with Gasteiger partial charge in [0.1, 0.15) is 18.1 Å². The Balaban J connectivity index is 1.84. The number of likely N-dealkylation sites (tertiary alicyclic amines) is 1. The first-order chi connectivity index (χ1) is 17.1. The lowest BCUT2D eigenvalue weighted by atomic mass is 9.85. The average Bonchev–Trinajstić information content (AvgIpc) is 3.03. The first-order valence-corrected chi connectivity index (χ1v) is 12.7. The van der Waals surface area contributed by atoms with Gasteiger partial charge < -0.3 is 26.6 Å². The van der Waals surface area contributed by atoms with E-state index >= 15 is 0 Å². The van der Waals surface area contributed by atoms with Crippen molar-refractivity contribution in [2.45, 2.75) is 91.1 Å². The Labute approximate surface area is 220 Å². The topological polar surface area (TPSA) is 151 Å². The Morgan fingerprint density at radius 2 is 1.68 bits per heavy atom. The molecule has 2 saturated heterocycles. The summed E-state index contributed by atoms with van der Waals surface area (Å²) in [6, 6.07) is -3.82. The molecule has 0 radical (unpaired) electrons. The van der Waals surface area contributed by atoms with Gasteiger partial charge in [-0.2, -0.15) is 13.2 Å². The summed E-state index contributed by atoms with van der Waals surface area (Å²) in [5.41, 5.74) is 3.66. The van der Waals surface area contributed by atoms with Crippen molar-refractivity contribution in [3.05, 3.63) is 0 Å². The van der Waals surface area contributed by atoms with Crippen LogP contribution in [0.5, 0.6) is 0 Å².